The monoisotopic (exact) mass is 456 g/mol. The molecule has 6 nitrogen and oxygen atoms in total. The van der Waals surface area contributed by atoms with Gasteiger partial charge >= 0.3 is 0 Å². The number of thiophene rings is 1. The van der Waals surface area contributed by atoms with Crippen LogP contribution in [-0.4, -0.2) is 28.8 Å². The second-order valence-corrected chi connectivity index (χ2v) is 8.78. The number of carbonyl (C=O) groups is 1. The molecule has 0 spiro atoms. The van der Waals surface area contributed by atoms with Gasteiger partial charge in [-0.05, 0) is 47.7 Å². The average Bonchev–Trinajstić information content (AvgIpc) is 3.48. The third kappa shape index (κ3) is 4.52. The van der Waals surface area contributed by atoms with Gasteiger partial charge in [-0.15, -0.1) is 17.3 Å². The van der Waals surface area contributed by atoms with Gasteiger partial charge in [0, 0.05) is 46.7 Å². The van der Waals surface area contributed by atoms with Crippen LogP contribution in [0, 0.1) is 17.3 Å². The Hall–Kier alpha value is -3.89. The Labute approximate surface area is 196 Å². The SMILES string of the molecule is CC#Cc1cncc(-c2csc([C@H](C)C(C(=O)N(C)C(=N)N)c3ccc4ccoc4c3)c2)c1. The number of nitrogens with zero attached hydrogens (tertiary/aromatic N) is 2. The summed E-state index contributed by atoms with van der Waals surface area (Å²) in [7, 11) is 1.53. The van der Waals surface area contributed by atoms with Crippen LogP contribution in [-0.2, 0) is 4.79 Å². The number of benzene rings is 1. The van der Waals surface area contributed by atoms with Crippen molar-refractivity contribution < 1.29 is 9.21 Å². The number of hydrogen-bond donors (Lipinski definition) is 2. The van der Waals surface area contributed by atoms with Crippen LogP contribution in [0.3, 0.4) is 0 Å². The predicted octanol–water partition coefficient (Wildman–Crippen LogP) is 5.17. The van der Waals surface area contributed by atoms with Crippen molar-refractivity contribution in [2.24, 2.45) is 5.73 Å². The molecule has 0 aliphatic rings. The van der Waals surface area contributed by atoms with Gasteiger partial charge in [-0.1, -0.05) is 25.0 Å². The second kappa shape index (κ2) is 9.31. The number of nitrogens with one attached hydrogen (secondary N) is 1. The molecule has 0 saturated carbocycles. The standard InChI is InChI=1S/C26H24N4O2S/c1-4-5-17-10-20(14-29-13-17)21-12-23(33-15-21)16(2)24(25(31)30(3)26(27)28)19-7-6-18-8-9-32-22(18)11-19/h6-16,24H,1-3H3,(H3,27,28)/t16-,24?/m0/s1. The first-order valence-corrected chi connectivity index (χ1v) is 11.3. The Kier molecular flexibility index (Phi) is 6.29. The van der Waals surface area contributed by atoms with Gasteiger partial charge in [0.25, 0.3) is 0 Å². The van der Waals surface area contributed by atoms with Crippen LogP contribution >= 0.6 is 11.3 Å². The van der Waals surface area contributed by atoms with Gasteiger partial charge in [-0.3, -0.25) is 20.1 Å². The normalized spacial score (nSPS) is 12.6. The van der Waals surface area contributed by atoms with E-state index in [1.54, 1.807) is 30.7 Å². The van der Waals surface area contributed by atoms with Gasteiger partial charge in [-0.25, -0.2) is 0 Å². The quantitative estimate of drug-likeness (QED) is 0.246. The highest BCUT2D eigenvalue weighted by atomic mass is 32.1. The Balaban J connectivity index is 1.73. The van der Waals surface area contributed by atoms with Gasteiger partial charge in [-0.2, -0.15) is 0 Å². The van der Waals surface area contributed by atoms with Crippen LogP contribution in [0.25, 0.3) is 22.1 Å². The van der Waals surface area contributed by atoms with Crippen molar-refractivity contribution in [3.63, 3.8) is 0 Å². The summed E-state index contributed by atoms with van der Waals surface area (Å²) in [4.78, 5) is 20.0. The van der Waals surface area contributed by atoms with E-state index in [0.717, 1.165) is 38.1 Å². The third-order valence-electron chi connectivity index (χ3n) is 5.71. The summed E-state index contributed by atoms with van der Waals surface area (Å²) in [6.45, 7) is 3.82. The van der Waals surface area contributed by atoms with E-state index < -0.39 is 5.92 Å². The lowest BCUT2D eigenvalue weighted by molar-refractivity contribution is -0.128. The molecule has 1 amide bonds. The molecule has 7 heteroatoms. The molecule has 3 heterocycles. The van der Waals surface area contributed by atoms with Gasteiger partial charge in [0.2, 0.25) is 5.91 Å². The fourth-order valence-electron chi connectivity index (χ4n) is 3.85. The minimum absolute atomic E-state index is 0.156. The molecule has 3 aromatic heterocycles. The number of rotatable bonds is 5. The fourth-order valence-corrected chi connectivity index (χ4v) is 4.87. The van der Waals surface area contributed by atoms with Crippen molar-refractivity contribution in [1.82, 2.24) is 9.88 Å². The largest absolute Gasteiger partial charge is 0.464 e. The van der Waals surface area contributed by atoms with Crippen LogP contribution in [0.2, 0.25) is 0 Å². The maximum atomic E-state index is 13.4. The molecule has 33 heavy (non-hydrogen) atoms. The van der Waals surface area contributed by atoms with Crippen molar-refractivity contribution in [3.05, 3.63) is 76.4 Å². The van der Waals surface area contributed by atoms with Crippen LogP contribution in [0.4, 0.5) is 0 Å². The summed E-state index contributed by atoms with van der Waals surface area (Å²) < 4.78 is 5.57. The maximum absolute atomic E-state index is 13.4. The number of guanidine groups is 1. The van der Waals surface area contributed by atoms with Crippen molar-refractivity contribution >= 4 is 34.2 Å². The predicted molar refractivity (Wildman–Crippen MR) is 132 cm³/mol. The highest BCUT2D eigenvalue weighted by Crippen LogP contribution is 2.40. The minimum Gasteiger partial charge on any atom is -0.464 e. The van der Waals surface area contributed by atoms with E-state index >= 15 is 0 Å². The topological polar surface area (TPSA) is 96.2 Å². The highest BCUT2D eigenvalue weighted by Gasteiger charge is 2.32. The zero-order valence-electron chi connectivity index (χ0n) is 18.6. The molecule has 4 aromatic rings. The summed E-state index contributed by atoms with van der Waals surface area (Å²) in [6.07, 6.45) is 5.19. The van der Waals surface area contributed by atoms with E-state index in [9.17, 15) is 4.79 Å². The summed E-state index contributed by atoms with van der Waals surface area (Å²) >= 11 is 1.59. The number of nitrogens with two attached hydrogens (primary N) is 1. The van der Waals surface area contributed by atoms with Crippen LogP contribution < -0.4 is 5.73 Å². The molecule has 166 valence electrons. The fraction of sp³-hybridized carbons (Fsp3) is 0.192. The Bertz CT molecular complexity index is 1390. The van der Waals surface area contributed by atoms with Crippen molar-refractivity contribution in [2.75, 3.05) is 7.05 Å². The molecule has 3 N–H and O–H groups in total. The molecule has 1 aromatic carbocycles. The van der Waals surface area contributed by atoms with Gasteiger partial charge in [0.15, 0.2) is 5.96 Å². The number of hydrogen-bond acceptors (Lipinski definition) is 5. The first kappa shape index (κ1) is 22.3. The number of pyridine rings is 1. The summed E-state index contributed by atoms with van der Waals surface area (Å²) in [5, 5.41) is 10.8. The van der Waals surface area contributed by atoms with E-state index in [2.05, 4.69) is 28.3 Å². The van der Waals surface area contributed by atoms with Gasteiger partial charge < -0.3 is 10.2 Å². The lowest BCUT2D eigenvalue weighted by atomic mass is 9.84. The zero-order valence-corrected chi connectivity index (χ0v) is 19.4. The third-order valence-corrected chi connectivity index (χ3v) is 6.84. The molecule has 0 fully saturated rings. The maximum Gasteiger partial charge on any atom is 0.237 e. The van der Waals surface area contributed by atoms with Crippen LogP contribution in [0.5, 0.6) is 0 Å². The summed E-state index contributed by atoms with van der Waals surface area (Å²) in [5.41, 5.74) is 10.0. The van der Waals surface area contributed by atoms with Crippen LogP contribution in [0.15, 0.2) is 64.9 Å². The van der Waals surface area contributed by atoms with Crippen molar-refractivity contribution in [1.29, 1.82) is 5.41 Å². The van der Waals surface area contributed by atoms with Gasteiger partial charge in [0.1, 0.15) is 5.58 Å². The molecule has 0 aliphatic heterocycles. The zero-order chi connectivity index (χ0) is 23.5. The average molecular weight is 457 g/mol. The van der Waals surface area contributed by atoms with E-state index in [0.29, 0.717) is 0 Å². The number of carbonyl (C=O) groups excluding carboxylic acids is 1. The smallest absolute Gasteiger partial charge is 0.237 e. The number of aromatic nitrogens is 1. The molecule has 0 saturated heterocycles. The van der Waals surface area contributed by atoms with E-state index in [-0.39, 0.29) is 17.8 Å². The summed E-state index contributed by atoms with van der Waals surface area (Å²) in [5.74, 6) is 4.72. The van der Waals surface area contributed by atoms with Gasteiger partial charge in [0.05, 0.1) is 12.2 Å². The molecule has 0 aliphatic carbocycles. The molecule has 0 bridgehead atoms. The molecular weight excluding hydrogens is 432 g/mol. The molecular formula is C26H24N4O2S. The first-order chi connectivity index (χ1) is 15.9. The van der Waals surface area contributed by atoms with Crippen molar-refractivity contribution in [2.45, 2.75) is 25.7 Å². The van der Waals surface area contributed by atoms with E-state index in [4.69, 9.17) is 15.6 Å². The second-order valence-electron chi connectivity index (χ2n) is 7.84. The number of furan rings is 1. The Morgan fingerprint density at radius 2 is 2.03 bits per heavy atom. The number of amides is 1. The highest BCUT2D eigenvalue weighted by molar-refractivity contribution is 7.10. The Morgan fingerprint density at radius 3 is 2.79 bits per heavy atom. The first-order valence-electron chi connectivity index (χ1n) is 10.4. The molecule has 2 atom stereocenters. The van der Waals surface area contributed by atoms with Crippen molar-refractivity contribution in [3.8, 4) is 23.0 Å². The molecule has 1 unspecified atom stereocenters. The van der Waals surface area contributed by atoms with Crippen LogP contribution in [0.1, 0.15) is 41.7 Å². The lowest BCUT2D eigenvalue weighted by Crippen LogP contribution is -2.41. The summed E-state index contributed by atoms with van der Waals surface area (Å²) in [6, 6.07) is 11.8. The molecule has 4 rings (SSSR count). The number of likely N-dealkylation sites (N-methyl/N-ethyl adjacent to an activating group) is 1. The van der Waals surface area contributed by atoms with E-state index in [1.807, 2.05) is 43.5 Å². The Morgan fingerprint density at radius 1 is 1.21 bits per heavy atom. The lowest BCUT2D eigenvalue weighted by Gasteiger charge is -2.27. The minimum atomic E-state index is -0.532. The van der Waals surface area contributed by atoms with E-state index in [1.165, 1.54) is 11.9 Å². The number of fused-ring (bicyclic) bond motifs is 1. The molecule has 0 radical (unpaired) electrons.